The summed E-state index contributed by atoms with van der Waals surface area (Å²) in [4.78, 5) is 9.01. The summed E-state index contributed by atoms with van der Waals surface area (Å²) in [6, 6.07) is 16.8. The molecule has 5 heterocycles. The Morgan fingerprint density at radius 3 is 2.77 bits per heavy atom. The molecule has 0 saturated heterocycles. The van der Waals surface area contributed by atoms with Crippen LogP contribution in [-0.2, 0) is 13.6 Å². The van der Waals surface area contributed by atoms with Gasteiger partial charge in [-0.3, -0.25) is 4.98 Å². The lowest BCUT2D eigenvalue weighted by Crippen LogP contribution is -2.33. The molecule has 0 spiro atoms. The van der Waals surface area contributed by atoms with Crippen molar-refractivity contribution in [2.45, 2.75) is 6.54 Å². The molecule has 0 aliphatic carbocycles. The van der Waals surface area contributed by atoms with Crippen molar-refractivity contribution in [1.29, 1.82) is 0 Å². The van der Waals surface area contributed by atoms with Gasteiger partial charge in [-0.15, -0.1) is 0 Å². The molecule has 0 atom stereocenters. The average Bonchev–Trinajstić information content (AvgIpc) is 3.31. The highest BCUT2D eigenvalue weighted by Crippen LogP contribution is 2.36. The standard InChI is InChI=1S/C21H16N5/c1-24-19-16(8-5-10-23-19)18-21(24)25-13-14-9-11-22-12-17(14)20(25)26(18)15-6-3-2-4-7-15/h2-12H,13H2,1H3/q+1. The van der Waals surface area contributed by atoms with Crippen LogP contribution >= 0.6 is 0 Å². The summed E-state index contributed by atoms with van der Waals surface area (Å²) >= 11 is 0. The maximum Gasteiger partial charge on any atom is 0.271 e. The van der Waals surface area contributed by atoms with E-state index in [-0.39, 0.29) is 0 Å². The number of rotatable bonds is 1. The fourth-order valence-electron chi connectivity index (χ4n) is 4.26. The van der Waals surface area contributed by atoms with E-state index in [1.165, 1.54) is 33.5 Å². The molecule has 0 radical (unpaired) electrons. The van der Waals surface area contributed by atoms with Crippen LogP contribution in [0.25, 0.3) is 39.3 Å². The van der Waals surface area contributed by atoms with Crippen molar-refractivity contribution < 1.29 is 4.57 Å². The first-order chi connectivity index (χ1) is 12.8. The lowest BCUT2D eigenvalue weighted by Gasteiger charge is -2.03. The molecule has 0 N–H and O–H groups in total. The summed E-state index contributed by atoms with van der Waals surface area (Å²) in [5, 5.41) is 1.17. The van der Waals surface area contributed by atoms with E-state index in [0.29, 0.717) is 0 Å². The molecule has 0 unspecified atom stereocenters. The summed E-state index contributed by atoms with van der Waals surface area (Å²) in [6.45, 7) is 0.855. The van der Waals surface area contributed by atoms with E-state index in [9.17, 15) is 0 Å². The topological polar surface area (TPSA) is 39.5 Å². The zero-order valence-corrected chi connectivity index (χ0v) is 14.3. The van der Waals surface area contributed by atoms with Crippen LogP contribution in [0.15, 0.2) is 67.1 Å². The average molecular weight is 338 g/mol. The first kappa shape index (κ1) is 13.8. The molecule has 5 aromatic rings. The maximum absolute atomic E-state index is 4.62. The fourth-order valence-corrected chi connectivity index (χ4v) is 4.26. The minimum absolute atomic E-state index is 0.855. The first-order valence-corrected chi connectivity index (χ1v) is 8.71. The summed E-state index contributed by atoms with van der Waals surface area (Å²) in [5.41, 5.74) is 7.05. The van der Waals surface area contributed by atoms with Crippen molar-refractivity contribution in [2.75, 3.05) is 0 Å². The number of benzene rings is 1. The number of fused-ring (bicyclic) bond motifs is 7. The molecule has 124 valence electrons. The summed E-state index contributed by atoms with van der Waals surface area (Å²) in [6.07, 6.45) is 5.71. The van der Waals surface area contributed by atoms with E-state index in [4.69, 9.17) is 0 Å². The van der Waals surface area contributed by atoms with Gasteiger partial charge in [0.2, 0.25) is 11.5 Å². The summed E-state index contributed by atoms with van der Waals surface area (Å²) in [5.74, 6) is 1.19. The third-order valence-corrected chi connectivity index (χ3v) is 5.33. The van der Waals surface area contributed by atoms with Crippen molar-refractivity contribution >= 4 is 22.2 Å². The monoisotopic (exact) mass is 338 g/mol. The molecule has 5 heteroatoms. The highest BCUT2D eigenvalue weighted by Gasteiger charge is 2.36. The van der Waals surface area contributed by atoms with Crippen molar-refractivity contribution in [3.8, 4) is 17.1 Å². The Morgan fingerprint density at radius 2 is 1.88 bits per heavy atom. The predicted octanol–water partition coefficient (Wildman–Crippen LogP) is 3.23. The van der Waals surface area contributed by atoms with Crippen LogP contribution in [0.1, 0.15) is 5.56 Å². The molecule has 4 aromatic heterocycles. The maximum atomic E-state index is 4.62. The zero-order valence-electron chi connectivity index (χ0n) is 14.3. The number of aryl methyl sites for hydroxylation is 1. The number of nitrogens with zero attached hydrogens (tertiary/aromatic N) is 5. The number of hydrogen-bond donors (Lipinski definition) is 0. The lowest BCUT2D eigenvalue weighted by atomic mass is 10.1. The van der Waals surface area contributed by atoms with Crippen molar-refractivity contribution in [1.82, 2.24) is 19.1 Å². The van der Waals surface area contributed by atoms with Gasteiger partial charge in [-0.05, 0) is 30.3 Å². The molecular weight excluding hydrogens is 322 g/mol. The van der Waals surface area contributed by atoms with Crippen molar-refractivity contribution in [2.24, 2.45) is 7.05 Å². The van der Waals surface area contributed by atoms with Gasteiger partial charge in [0.15, 0.2) is 5.52 Å². The number of para-hydroxylation sites is 1. The quantitative estimate of drug-likeness (QED) is 0.432. The second-order valence-electron chi connectivity index (χ2n) is 6.72. The highest BCUT2D eigenvalue weighted by atomic mass is 15.3. The smallest absolute Gasteiger partial charge is 0.264 e. The van der Waals surface area contributed by atoms with Gasteiger partial charge < -0.3 is 0 Å². The van der Waals surface area contributed by atoms with Gasteiger partial charge in [0.1, 0.15) is 5.69 Å². The van der Waals surface area contributed by atoms with Crippen molar-refractivity contribution in [3.05, 3.63) is 72.7 Å². The van der Waals surface area contributed by atoms with Gasteiger partial charge in [-0.25, -0.2) is 18.7 Å². The van der Waals surface area contributed by atoms with Crippen LogP contribution in [0.2, 0.25) is 0 Å². The number of imidazole rings is 1. The minimum Gasteiger partial charge on any atom is -0.264 e. The van der Waals surface area contributed by atoms with E-state index in [2.05, 4.69) is 73.2 Å². The van der Waals surface area contributed by atoms with Gasteiger partial charge in [-0.2, -0.15) is 0 Å². The van der Waals surface area contributed by atoms with Crippen LogP contribution in [0.4, 0.5) is 0 Å². The van der Waals surface area contributed by atoms with Gasteiger partial charge in [-0.1, -0.05) is 18.2 Å². The minimum atomic E-state index is 0.855. The molecule has 0 fully saturated rings. The Bertz CT molecular complexity index is 1310. The van der Waals surface area contributed by atoms with Crippen LogP contribution < -0.4 is 4.57 Å². The first-order valence-electron chi connectivity index (χ1n) is 8.71. The van der Waals surface area contributed by atoms with E-state index in [0.717, 1.165) is 17.9 Å². The summed E-state index contributed by atoms with van der Waals surface area (Å²) in [7, 11) is 2.10. The van der Waals surface area contributed by atoms with Crippen LogP contribution in [-0.4, -0.2) is 19.1 Å². The Kier molecular flexibility index (Phi) is 2.54. The third-order valence-electron chi connectivity index (χ3n) is 5.33. The molecule has 1 aliphatic heterocycles. The zero-order chi connectivity index (χ0) is 17.3. The molecule has 1 aliphatic rings. The van der Waals surface area contributed by atoms with Gasteiger partial charge in [0.05, 0.1) is 24.5 Å². The van der Waals surface area contributed by atoms with Gasteiger partial charge >= 0.3 is 0 Å². The number of aromatic nitrogens is 5. The highest BCUT2D eigenvalue weighted by molar-refractivity contribution is 6.04. The van der Waals surface area contributed by atoms with Gasteiger partial charge in [0, 0.05) is 24.2 Å². The van der Waals surface area contributed by atoms with E-state index >= 15 is 0 Å². The van der Waals surface area contributed by atoms with Gasteiger partial charge in [0.25, 0.3) is 5.65 Å². The molecule has 0 amide bonds. The molecular formula is C21H16N5+. The SMILES string of the molecule is Cn1c2ncccc2c2c1[n+]1c(n2-c2ccccc2)-c2cnccc2C1. The molecule has 1 aromatic carbocycles. The Labute approximate surface area is 149 Å². The number of hydrogen-bond acceptors (Lipinski definition) is 2. The molecule has 5 nitrogen and oxygen atoms in total. The number of pyridine rings is 2. The predicted molar refractivity (Wildman–Crippen MR) is 100 cm³/mol. The fraction of sp³-hybridized carbons (Fsp3) is 0.0952. The summed E-state index contributed by atoms with van der Waals surface area (Å²) < 4.78 is 6.94. The molecule has 26 heavy (non-hydrogen) atoms. The molecule has 6 rings (SSSR count). The Hall–Kier alpha value is -3.47. The van der Waals surface area contributed by atoms with Crippen LogP contribution in [0.3, 0.4) is 0 Å². The lowest BCUT2D eigenvalue weighted by molar-refractivity contribution is -0.648. The van der Waals surface area contributed by atoms with E-state index < -0.39 is 0 Å². The van der Waals surface area contributed by atoms with Crippen LogP contribution in [0, 0.1) is 0 Å². The van der Waals surface area contributed by atoms with Crippen molar-refractivity contribution in [3.63, 3.8) is 0 Å². The Morgan fingerprint density at radius 1 is 1.00 bits per heavy atom. The third kappa shape index (κ3) is 1.57. The molecule has 0 bridgehead atoms. The largest absolute Gasteiger partial charge is 0.271 e. The van der Waals surface area contributed by atoms with E-state index in [1.54, 1.807) is 0 Å². The van der Waals surface area contributed by atoms with Crippen LogP contribution in [0.5, 0.6) is 0 Å². The Balaban J connectivity index is 1.87. The second-order valence-corrected chi connectivity index (χ2v) is 6.72. The molecule has 0 saturated carbocycles. The second kappa shape index (κ2) is 4.79. The normalized spacial score (nSPS) is 12.7. The van der Waals surface area contributed by atoms with E-state index in [1.807, 2.05) is 24.7 Å².